The average molecular weight is 352 g/mol. The van der Waals surface area contributed by atoms with Gasteiger partial charge >= 0.3 is 0 Å². The van der Waals surface area contributed by atoms with Crippen LogP contribution in [0, 0.1) is 0 Å². The number of benzene rings is 2. The third kappa shape index (κ3) is 4.07. The molecular weight excluding hydrogens is 324 g/mol. The Morgan fingerprint density at radius 1 is 1.08 bits per heavy atom. The summed E-state index contributed by atoms with van der Waals surface area (Å²) < 4.78 is 5.92. The van der Waals surface area contributed by atoms with Crippen molar-refractivity contribution in [2.24, 2.45) is 0 Å². The van der Waals surface area contributed by atoms with Crippen molar-refractivity contribution >= 4 is 11.6 Å². The fourth-order valence-corrected chi connectivity index (χ4v) is 3.22. The zero-order valence-corrected chi connectivity index (χ0v) is 16.1. The molecule has 2 aromatic rings. The van der Waals surface area contributed by atoms with E-state index in [0.29, 0.717) is 25.6 Å². The average Bonchev–Trinajstić information content (AvgIpc) is 2.67. The Morgan fingerprint density at radius 2 is 1.73 bits per heavy atom. The summed E-state index contributed by atoms with van der Waals surface area (Å²) in [7, 11) is 4.05. The number of hydrogen-bond acceptors (Lipinski definition) is 3. The van der Waals surface area contributed by atoms with Crippen molar-refractivity contribution in [3.05, 3.63) is 65.2 Å². The zero-order valence-electron chi connectivity index (χ0n) is 16.1. The molecule has 4 heteroatoms. The molecular formula is C22H28N2O2. The van der Waals surface area contributed by atoms with E-state index < -0.39 is 0 Å². The van der Waals surface area contributed by atoms with Crippen LogP contribution >= 0.6 is 0 Å². The fraction of sp³-hybridized carbons (Fsp3) is 0.409. The van der Waals surface area contributed by atoms with Gasteiger partial charge in [-0.05, 0) is 41.3 Å². The second-order valence-electron chi connectivity index (χ2n) is 7.37. The standard InChI is InChI=1S/C22H28N2O2/c1-16(2)17-5-7-19(8-6-17)22(25)24-13-14-26-21(15-24)18-9-11-20(12-10-18)23(3)4/h5-12,16,21H,13-15H2,1-4H3. The SMILES string of the molecule is CC(C)c1ccc(C(=O)N2CCOC(c3ccc(N(C)C)cc3)C2)cc1. The summed E-state index contributed by atoms with van der Waals surface area (Å²) in [6.07, 6.45) is -0.0705. The topological polar surface area (TPSA) is 32.8 Å². The number of nitrogens with zero attached hydrogens (tertiary/aromatic N) is 2. The molecule has 0 bridgehead atoms. The Labute approximate surface area is 156 Å². The minimum atomic E-state index is -0.0705. The molecule has 1 aliphatic heterocycles. The van der Waals surface area contributed by atoms with E-state index >= 15 is 0 Å². The first-order chi connectivity index (χ1) is 12.5. The van der Waals surface area contributed by atoms with Crippen molar-refractivity contribution in [3.8, 4) is 0 Å². The van der Waals surface area contributed by atoms with E-state index in [1.807, 2.05) is 31.1 Å². The quantitative estimate of drug-likeness (QED) is 0.831. The Balaban J connectivity index is 1.70. The summed E-state index contributed by atoms with van der Waals surface area (Å²) in [4.78, 5) is 16.8. The lowest BCUT2D eigenvalue weighted by molar-refractivity contribution is -0.0228. The lowest BCUT2D eigenvalue weighted by atomic mass is 10.0. The van der Waals surface area contributed by atoms with E-state index in [0.717, 1.165) is 16.8 Å². The van der Waals surface area contributed by atoms with Crippen LogP contribution in [0.2, 0.25) is 0 Å². The summed E-state index contributed by atoms with van der Waals surface area (Å²) in [5.41, 5.74) is 4.27. The van der Waals surface area contributed by atoms with Gasteiger partial charge in [-0.15, -0.1) is 0 Å². The number of carbonyl (C=O) groups is 1. The largest absolute Gasteiger partial charge is 0.378 e. The van der Waals surface area contributed by atoms with Gasteiger partial charge in [-0.3, -0.25) is 4.79 Å². The van der Waals surface area contributed by atoms with Gasteiger partial charge in [0.1, 0.15) is 6.10 Å². The third-order valence-electron chi connectivity index (χ3n) is 4.96. The van der Waals surface area contributed by atoms with Gasteiger partial charge in [0, 0.05) is 31.9 Å². The van der Waals surface area contributed by atoms with Crippen LogP contribution in [0.4, 0.5) is 5.69 Å². The summed E-state index contributed by atoms with van der Waals surface area (Å²) in [6, 6.07) is 16.3. The molecule has 26 heavy (non-hydrogen) atoms. The van der Waals surface area contributed by atoms with Gasteiger partial charge in [0.05, 0.1) is 13.2 Å². The maximum absolute atomic E-state index is 12.9. The van der Waals surface area contributed by atoms with E-state index in [4.69, 9.17) is 4.74 Å². The Kier molecular flexibility index (Phi) is 5.62. The number of carbonyl (C=O) groups excluding carboxylic acids is 1. The minimum Gasteiger partial charge on any atom is -0.378 e. The highest BCUT2D eigenvalue weighted by Gasteiger charge is 2.26. The van der Waals surface area contributed by atoms with Crippen molar-refractivity contribution in [1.82, 2.24) is 4.90 Å². The molecule has 4 nitrogen and oxygen atoms in total. The third-order valence-corrected chi connectivity index (χ3v) is 4.96. The number of ether oxygens (including phenoxy) is 1. The molecule has 0 spiro atoms. The van der Waals surface area contributed by atoms with Crippen LogP contribution in [0.5, 0.6) is 0 Å². The predicted molar refractivity (Wildman–Crippen MR) is 106 cm³/mol. The van der Waals surface area contributed by atoms with Gasteiger partial charge in [0.25, 0.3) is 5.91 Å². The minimum absolute atomic E-state index is 0.0705. The first-order valence-electron chi connectivity index (χ1n) is 9.24. The molecule has 1 fully saturated rings. The van der Waals surface area contributed by atoms with Gasteiger partial charge in [-0.25, -0.2) is 0 Å². The van der Waals surface area contributed by atoms with E-state index in [2.05, 4.69) is 55.1 Å². The van der Waals surface area contributed by atoms with Crippen molar-refractivity contribution in [2.75, 3.05) is 38.7 Å². The van der Waals surface area contributed by atoms with Gasteiger partial charge < -0.3 is 14.5 Å². The molecule has 0 saturated carbocycles. The maximum atomic E-state index is 12.9. The molecule has 1 saturated heterocycles. The predicted octanol–water partition coefficient (Wildman–Crippen LogP) is 4.09. The summed E-state index contributed by atoms with van der Waals surface area (Å²) in [5, 5.41) is 0. The normalized spacial score (nSPS) is 17.4. The zero-order chi connectivity index (χ0) is 18.7. The van der Waals surface area contributed by atoms with E-state index in [1.165, 1.54) is 5.56 Å². The monoisotopic (exact) mass is 352 g/mol. The van der Waals surface area contributed by atoms with E-state index in [9.17, 15) is 4.79 Å². The van der Waals surface area contributed by atoms with Crippen molar-refractivity contribution in [2.45, 2.75) is 25.9 Å². The molecule has 1 heterocycles. The van der Waals surface area contributed by atoms with Crippen LogP contribution in [0.25, 0.3) is 0 Å². The fourth-order valence-electron chi connectivity index (χ4n) is 3.22. The van der Waals surface area contributed by atoms with Gasteiger partial charge in [-0.1, -0.05) is 38.1 Å². The van der Waals surface area contributed by atoms with Gasteiger partial charge in [0.15, 0.2) is 0 Å². The van der Waals surface area contributed by atoms with E-state index in [1.54, 1.807) is 0 Å². The van der Waals surface area contributed by atoms with E-state index in [-0.39, 0.29) is 12.0 Å². The first-order valence-corrected chi connectivity index (χ1v) is 9.24. The molecule has 0 N–H and O–H groups in total. The molecule has 0 radical (unpaired) electrons. The molecule has 0 aliphatic carbocycles. The highest BCUT2D eigenvalue weighted by atomic mass is 16.5. The summed E-state index contributed by atoms with van der Waals surface area (Å²) >= 11 is 0. The first kappa shape index (κ1) is 18.5. The molecule has 0 aromatic heterocycles. The number of hydrogen-bond donors (Lipinski definition) is 0. The highest BCUT2D eigenvalue weighted by molar-refractivity contribution is 5.94. The van der Waals surface area contributed by atoms with Crippen LogP contribution in [0.1, 0.15) is 47.4 Å². The van der Waals surface area contributed by atoms with Crippen LogP contribution in [0.15, 0.2) is 48.5 Å². The number of morpholine rings is 1. The molecule has 1 atom stereocenters. The molecule has 1 unspecified atom stereocenters. The Morgan fingerprint density at radius 3 is 2.31 bits per heavy atom. The summed E-state index contributed by atoms with van der Waals surface area (Å²) in [5.74, 6) is 0.551. The molecule has 3 rings (SSSR count). The van der Waals surface area contributed by atoms with Crippen LogP contribution in [-0.4, -0.2) is 44.6 Å². The number of rotatable bonds is 4. The van der Waals surface area contributed by atoms with Crippen molar-refractivity contribution in [3.63, 3.8) is 0 Å². The molecule has 1 aliphatic rings. The Hall–Kier alpha value is -2.33. The second-order valence-corrected chi connectivity index (χ2v) is 7.37. The summed E-state index contributed by atoms with van der Waals surface area (Å²) in [6.45, 7) is 6.11. The highest BCUT2D eigenvalue weighted by Crippen LogP contribution is 2.25. The van der Waals surface area contributed by atoms with Crippen molar-refractivity contribution < 1.29 is 9.53 Å². The number of anilines is 1. The molecule has 2 aromatic carbocycles. The Bertz CT molecular complexity index is 736. The van der Waals surface area contributed by atoms with Crippen molar-refractivity contribution in [1.29, 1.82) is 0 Å². The van der Waals surface area contributed by atoms with Crippen LogP contribution in [-0.2, 0) is 4.74 Å². The van der Waals surface area contributed by atoms with Crippen LogP contribution in [0.3, 0.4) is 0 Å². The molecule has 1 amide bonds. The van der Waals surface area contributed by atoms with Gasteiger partial charge in [0.2, 0.25) is 0 Å². The maximum Gasteiger partial charge on any atom is 0.254 e. The molecule has 138 valence electrons. The number of amides is 1. The van der Waals surface area contributed by atoms with Crippen LogP contribution < -0.4 is 4.90 Å². The lowest BCUT2D eigenvalue weighted by Crippen LogP contribution is -2.42. The van der Waals surface area contributed by atoms with Gasteiger partial charge in [-0.2, -0.15) is 0 Å². The smallest absolute Gasteiger partial charge is 0.254 e. The lowest BCUT2D eigenvalue weighted by Gasteiger charge is -2.33. The second kappa shape index (κ2) is 7.92.